The molecule has 0 bridgehead atoms. The van der Waals surface area contributed by atoms with Gasteiger partial charge in [-0.15, -0.1) is 5.10 Å². The second kappa shape index (κ2) is 8.00. The Labute approximate surface area is 182 Å². The van der Waals surface area contributed by atoms with E-state index in [0.29, 0.717) is 47.9 Å². The standard InChI is InChI=1S/C20H19BN8O3/c22-18(30)16-6-2-5-15-17(27-28-29(15)16)20-25-14-10-23-9-13(14)19(26-20)24-8-11-3-1-4-12(7-11)21(31)32/h1-7,23,31-32H,8-10H2,(H2,22,30)(H,24,25,26). The van der Waals surface area contributed by atoms with Crippen LogP contribution in [0.1, 0.15) is 27.3 Å². The number of carbonyl (C=O) groups is 1. The van der Waals surface area contributed by atoms with Crippen LogP contribution < -0.4 is 21.8 Å². The number of anilines is 1. The van der Waals surface area contributed by atoms with E-state index in [1.54, 1.807) is 36.4 Å². The Kier molecular flexibility index (Phi) is 5.01. The fraction of sp³-hybridized carbons (Fsp3) is 0.150. The third-order valence-electron chi connectivity index (χ3n) is 5.30. The summed E-state index contributed by atoms with van der Waals surface area (Å²) in [5.74, 6) is 0.423. The zero-order valence-corrected chi connectivity index (χ0v) is 16.9. The van der Waals surface area contributed by atoms with E-state index in [4.69, 9.17) is 10.7 Å². The van der Waals surface area contributed by atoms with Crippen LogP contribution in [0.5, 0.6) is 0 Å². The van der Waals surface area contributed by atoms with Gasteiger partial charge in [0.25, 0.3) is 5.91 Å². The molecule has 0 aliphatic carbocycles. The van der Waals surface area contributed by atoms with Crippen molar-refractivity contribution >= 4 is 29.8 Å². The molecule has 1 aliphatic rings. The maximum absolute atomic E-state index is 11.7. The minimum absolute atomic E-state index is 0.216. The zero-order chi connectivity index (χ0) is 22.2. The highest BCUT2D eigenvalue weighted by Crippen LogP contribution is 2.27. The molecule has 0 unspecified atom stereocenters. The summed E-state index contributed by atoms with van der Waals surface area (Å²) < 4.78 is 1.38. The van der Waals surface area contributed by atoms with Crippen molar-refractivity contribution in [2.75, 3.05) is 5.32 Å². The molecule has 0 saturated heterocycles. The molecule has 1 aromatic carbocycles. The van der Waals surface area contributed by atoms with Crippen molar-refractivity contribution in [3.05, 3.63) is 65.0 Å². The highest BCUT2D eigenvalue weighted by atomic mass is 16.4. The smallest absolute Gasteiger partial charge is 0.423 e. The summed E-state index contributed by atoms with van der Waals surface area (Å²) in [6, 6.07) is 12.1. The van der Waals surface area contributed by atoms with E-state index in [2.05, 4.69) is 25.9 Å². The summed E-state index contributed by atoms with van der Waals surface area (Å²) in [6.07, 6.45) is 0. The predicted octanol–water partition coefficient (Wildman–Crippen LogP) is -0.820. The van der Waals surface area contributed by atoms with Gasteiger partial charge in [0.1, 0.15) is 11.5 Å². The normalized spacial score (nSPS) is 12.7. The molecule has 1 aliphatic heterocycles. The molecule has 4 aromatic rings. The van der Waals surface area contributed by atoms with Crippen molar-refractivity contribution in [3.63, 3.8) is 0 Å². The molecule has 1 amide bonds. The van der Waals surface area contributed by atoms with Crippen LogP contribution in [0.25, 0.3) is 17.0 Å². The number of hydrogen-bond acceptors (Lipinski definition) is 9. The van der Waals surface area contributed by atoms with Gasteiger partial charge in [0.05, 0.1) is 11.2 Å². The minimum Gasteiger partial charge on any atom is -0.423 e. The Morgan fingerprint density at radius 3 is 2.84 bits per heavy atom. The summed E-state index contributed by atoms with van der Waals surface area (Å²) >= 11 is 0. The first kappa shape index (κ1) is 20.1. The number of nitrogens with two attached hydrogens (primary N) is 1. The van der Waals surface area contributed by atoms with Gasteiger partial charge in [0.2, 0.25) is 0 Å². The van der Waals surface area contributed by atoms with Gasteiger partial charge >= 0.3 is 7.12 Å². The van der Waals surface area contributed by atoms with Gasteiger partial charge in [-0.25, -0.2) is 14.5 Å². The summed E-state index contributed by atoms with van der Waals surface area (Å²) in [5.41, 5.74) is 9.77. The van der Waals surface area contributed by atoms with Crippen LogP contribution >= 0.6 is 0 Å². The number of fused-ring (bicyclic) bond motifs is 2. The molecule has 5 rings (SSSR count). The van der Waals surface area contributed by atoms with Gasteiger partial charge in [0.15, 0.2) is 11.5 Å². The number of rotatable bonds is 6. The molecule has 4 heterocycles. The molecule has 0 spiro atoms. The van der Waals surface area contributed by atoms with E-state index >= 15 is 0 Å². The highest BCUT2D eigenvalue weighted by Gasteiger charge is 2.23. The van der Waals surface area contributed by atoms with Crippen molar-refractivity contribution in [3.8, 4) is 11.5 Å². The quantitative estimate of drug-likeness (QED) is 0.246. The molecule has 6 N–H and O–H groups in total. The summed E-state index contributed by atoms with van der Waals surface area (Å²) in [5, 5.41) is 33.7. The van der Waals surface area contributed by atoms with Crippen LogP contribution in [0, 0.1) is 0 Å². The van der Waals surface area contributed by atoms with E-state index in [-0.39, 0.29) is 5.69 Å². The van der Waals surface area contributed by atoms with E-state index in [1.165, 1.54) is 4.52 Å². The molecule has 32 heavy (non-hydrogen) atoms. The van der Waals surface area contributed by atoms with Crippen molar-refractivity contribution in [2.24, 2.45) is 5.73 Å². The lowest BCUT2D eigenvalue weighted by Gasteiger charge is -2.12. The molecule has 0 saturated carbocycles. The molecule has 0 atom stereocenters. The van der Waals surface area contributed by atoms with E-state index in [0.717, 1.165) is 16.8 Å². The highest BCUT2D eigenvalue weighted by molar-refractivity contribution is 6.58. The molecular formula is C20H19BN8O3. The third-order valence-corrected chi connectivity index (χ3v) is 5.30. The number of nitrogens with one attached hydrogen (secondary N) is 2. The number of hydrogen-bond donors (Lipinski definition) is 5. The van der Waals surface area contributed by atoms with E-state index < -0.39 is 13.0 Å². The summed E-state index contributed by atoms with van der Waals surface area (Å²) in [6.45, 7) is 1.65. The zero-order valence-electron chi connectivity index (χ0n) is 16.9. The van der Waals surface area contributed by atoms with E-state index in [1.807, 2.05) is 6.07 Å². The average Bonchev–Trinajstić information content (AvgIpc) is 3.44. The van der Waals surface area contributed by atoms with Crippen LogP contribution in [0.2, 0.25) is 0 Å². The van der Waals surface area contributed by atoms with Crippen LogP contribution in [0.4, 0.5) is 5.82 Å². The number of primary amides is 1. The van der Waals surface area contributed by atoms with Gasteiger partial charge in [0, 0.05) is 25.2 Å². The van der Waals surface area contributed by atoms with E-state index in [9.17, 15) is 14.8 Å². The Balaban J connectivity index is 1.52. The Hall–Kier alpha value is -3.87. The Morgan fingerprint density at radius 2 is 2.03 bits per heavy atom. The Morgan fingerprint density at radius 1 is 1.19 bits per heavy atom. The predicted molar refractivity (Wildman–Crippen MR) is 117 cm³/mol. The SMILES string of the molecule is NC(=O)c1cccc2c(-c3nc4c(c(NCc5cccc(B(O)O)c5)n3)CNC4)nnn12. The average molecular weight is 430 g/mol. The first-order valence-corrected chi connectivity index (χ1v) is 9.95. The molecule has 12 heteroatoms. The molecule has 0 radical (unpaired) electrons. The largest absolute Gasteiger partial charge is 0.488 e. The van der Waals surface area contributed by atoms with Gasteiger partial charge in [-0.2, -0.15) is 0 Å². The lowest BCUT2D eigenvalue weighted by Crippen LogP contribution is -2.30. The first-order valence-electron chi connectivity index (χ1n) is 9.95. The fourth-order valence-electron chi connectivity index (χ4n) is 3.73. The van der Waals surface area contributed by atoms with Crippen molar-refractivity contribution in [1.82, 2.24) is 30.1 Å². The maximum Gasteiger partial charge on any atom is 0.488 e. The van der Waals surface area contributed by atoms with Gasteiger partial charge in [-0.3, -0.25) is 4.79 Å². The van der Waals surface area contributed by atoms with Gasteiger partial charge in [-0.05, 0) is 23.2 Å². The summed E-state index contributed by atoms with van der Waals surface area (Å²) in [4.78, 5) is 21.1. The summed E-state index contributed by atoms with van der Waals surface area (Å²) in [7, 11) is -1.53. The topological polar surface area (TPSA) is 164 Å². The number of benzene rings is 1. The lowest BCUT2D eigenvalue weighted by molar-refractivity contribution is 0.0993. The van der Waals surface area contributed by atoms with Crippen molar-refractivity contribution in [1.29, 1.82) is 0 Å². The maximum atomic E-state index is 11.7. The van der Waals surface area contributed by atoms with Gasteiger partial charge < -0.3 is 26.4 Å². The third kappa shape index (κ3) is 3.56. The van der Waals surface area contributed by atoms with Crippen molar-refractivity contribution < 1.29 is 14.8 Å². The molecule has 0 fully saturated rings. The lowest BCUT2D eigenvalue weighted by atomic mass is 9.79. The van der Waals surface area contributed by atoms with Gasteiger partial charge in [-0.1, -0.05) is 35.5 Å². The molecule has 160 valence electrons. The van der Waals surface area contributed by atoms with Crippen molar-refractivity contribution in [2.45, 2.75) is 19.6 Å². The van der Waals surface area contributed by atoms with Crippen LogP contribution in [-0.2, 0) is 19.6 Å². The monoisotopic (exact) mass is 430 g/mol. The molecule has 3 aromatic heterocycles. The number of aromatic nitrogens is 5. The van der Waals surface area contributed by atoms with Crippen LogP contribution in [-0.4, -0.2) is 47.9 Å². The number of amides is 1. The van der Waals surface area contributed by atoms with Crippen LogP contribution in [0.3, 0.4) is 0 Å². The fourth-order valence-corrected chi connectivity index (χ4v) is 3.73. The second-order valence-electron chi connectivity index (χ2n) is 7.41. The minimum atomic E-state index is -1.53. The number of carbonyl (C=O) groups excluding carboxylic acids is 1. The van der Waals surface area contributed by atoms with Crippen LogP contribution in [0.15, 0.2) is 42.5 Å². The number of pyridine rings is 1. The first-order chi connectivity index (χ1) is 15.5. The second-order valence-corrected chi connectivity index (χ2v) is 7.41. The Bertz CT molecular complexity index is 1340. The molecule has 11 nitrogen and oxygen atoms in total. The molecular weight excluding hydrogens is 411 g/mol. The number of nitrogens with zero attached hydrogens (tertiary/aromatic N) is 5.